The van der Waals surface area contributed by atoms with Gasteiger partial charge in [-0.2, -0.15) is 0 Å². The summed E-state index contributed by atoms with van der Waals surface area (Å²) < 4.78 is 57.3. The Balaban J connectivity index is 0.835. The van der Waals surface area contributed by atoms with Crippen LogP contribution in [0.3, 0.4) is 0 Å². The van der Waals surface area contributed by atoms with E-state index in [4.69, 9.17) is 42.6 Å². The van der Waals surface area contributed by atoms with Gasteiger partial charge in [0, 0.05) is 21.9 Å². The summed E-state index contributed by atoms with van der Waals surface area (Å²) in [5.41, 5.74) is 8.64. The lowest BCUT2D eigenvalue weighted by atomic mass is 9.34. The molecule has 16 rings (SSSR count). The second-order valence-electron chi connectivity index (χ2n) is 26.3. The molecule has 0 N–H and O–H groups in total. The predicted molar refractivity (Wildman–Crippen MR) is 413 cm³/mol. The van der Waals surface area contributed by atoms with Gasteiger partial charge in [0.2, 0.25) is 0 Å². The maximum atomic E-state index is 14.8. The van der Waals surface area contributed by atoms with Crippen molar-refractivity contribution in [3.63, 3.8) is 0 Å². The number of ether oxygens (including phenoxy) is 9. The van der Waals surface area contributed by atoms with Gasteiger partial charge in [0.15, 0.2) is 0 Å². The first-order valence-electron chi connectivity index (χ1n) is 35.5. The van der Waals surface area contributed by atoms with Gasteiger partial charge in [0.1, 0.15) is 80.4 Å². The van der Waals surface area contributed by atoms with E-state index in [9.17, 15) is 33.6 Å². The van der Waals surface area contributed by atoms with Gasteiger partial charge >= 0.3 is 41.8 Å². The van der Waals surface area contributed by atoms with Crippen LogP contribution in [0, 0.1) is 0 Å². The molecule has 17 nitrogen and oxygen atoms in total. The minimum absolute atomic E-state index is 0.00343. The predicted octanol–water partition coefficient (Wildman–Crippen LogP) is 16.7. The van der Waals surface area contributed by atoms with E-state index < -0.39 is 48.5 Å². The summed E-state index contributed by atoms with van der Waals surface area (Å²) in [5, 5.41) is 0.776. The quantitative estimate of drug-likeness (QED) is 0.0331. The minimum Gasteiger partial charge on any atom is -0.457 e. The van der Waals surface area contributed by atoms with Gasteiger partial charge in [-0.25, -0.2) is 33.6 Å². The summed E-state index contributed by atoms with van der Waals surface area (Å²) in [4.78, 5) is 103. The van der Waals surface area contributed by atoms with Gasteiger partial charge in [-0.05, 0) is 122 Å². The lowest BCUT2D eigenvalue weighted by Crippen LogP contribution is -2.58. The molecule has 0 unspecified atom stereocenters. The monoisotopic (exact) mass is 1450 g/mol. The van der Waals surface area contributed by atoms with Crippen molar-refractivity contribution in [1.29, 1.82) is 0 Å². The highest BCUT2D eigenvalue weighted by molar-refractivity contribution is 6.98. The standard InChI is InChI=1S/C92H64BNO16/c95-86(102-51-58-22-8-1-9-23-58)67-38-42-77-82(45-67)110-85-76(92(101)108-57-64-34-20-7-21-35-64)48-75(91(100)107-56-63-32-18-6-19-33-63)84-83(85)93(77)78-44-66(39-43-81(78)109-84)65-36-40-68(41-37-65)94-79-49-73(89(98)105-54-61-28-14-4-15-29-61)71(87(96)103-52-59-24-10-2-11-25-59)46-69(79)70-47-72(88(97)104-53-60-26-12-3-13-27-60)74(50-80(70)94)90(99)106-55-62-30-16-5-17-31-62/h1-50H,51-57H2. The van der Waals surface area contributed by atoms with Crippen molar-refractivity contribution in [2.75, 3.05) is 0 Å². The highest BCUT2D eigenvalue weighted by Crippen LogP contribution is 2.43. The highest BCUT2D eigenvalue weighted by Gasteiger charge is 2.45. The third-order valence-electron chi connectivity index (χ3n) is 19.2. The fourth-order valence-electron chi connectivity index (χ4n) is 13.7. The fourth-order valence-corrected chi connectivity index (χ4v) is 13.7. The zero-order valence-corrected chi connectivity index (χ0v) is 58.9. The molecule has 0 amide bonds. The number of nitrogens with zero attached hydrogens (tertiary/aromatic N) is 1. The van der Waals surface area contributed by atoms with Crippen molar-refractivity contribution in [2.45, 2.75) is 46.2 Å². The number of aromatic nitrogens is 1. The Hall–Kier alpha value is -14.4. The van der Waals surface area contributed by atoms with E-state index in [0.29, 0.717) is 88.6 Å². The number of hydrogen-bond donors (Lipinski definition) is 0. The number of fused-ring (bicyclic) bond motifs is 7. The van der Waals surface area contributed by atoms with Crippen LogP contribution in [-0.4, -0.2) is 53.1 Å². The van der Waals surface area contributed by atoms with E-state index in [1.54, 1.807) is 48.5 Å². The summed E-state index contributed by atoms with van der Waals surface area (Å²) in [7, 11) is 0. The van der Waals surface area contributed by atoms with E-state index in [2.05, 4.69) is 0 Å². The number of carbonyl (C=O) groups is 7. The summed E-state index contributed by atoms with van der Waals surface area (Å²) >= 11 is 0. The number of hydrogen-bond acceptors (Lipinski definition) is 16. The second kappa shape index (κ2) is 31.4. The normalized spacial score (nSPS) is 11.5. The van der Waals surface area contributed by atoms with Crippen molar-refractivity contribution < 1.29 is 76.2 Å². The van der Waals surface area contributed by atoms with Crippen molar-refractivity contribution in [3.8, 4) is 39.8 Å². The summed E-state index contributed by atoms with van der Waals surface area (Å²) in [6.07, 6.45) is 0. The Morgan fingerprint density at radius 3 is 0.955 bits per heavy atom. The summed E-state index contributed by atoms with van der Waals surface area (Å²) in [6, 6.07) is 89.7. The molecule has 2 aliphatic rings. The lowest BCUT2D eigenvalue weighted by molar-refractivity contribution is 0.0425. The molecule has 0 saturated carbocycles. The van der Waals surface area contributed by atoms with Gasteiger partial charge in [0.05, 0.1) is 38.9 Å². The van der Waals surface area contributed by atoms with Crippen LogP contribution in [0.2, 0.25) is 0 Å². The molecule has 110 heavy (non-hydrogen) atoms. The first-order valence-corrected chi connectivity index (χ1v) is 35.5. The molecule has 0 fully saturated rings. The SMILES string of the molecule is O=C(OCc1ccccc1)c1ccc2c(c1)Oc1c(C(=O)OCc3ccccc3)cc(C(=O)OCc3ccccc3)c3c1B2c1cc(-c2ccc(-n4c5cc(C(=O)OCc6ccccc6)c(C(=O)OCc6ccccc6)cc5c5cc(C(=O)OCc6ccccc6)c(C(=O)OCc6ccccc6)cc54)cc2)ccc1O3. The number of carbonyl (C=O) groups excluding carboxylic acids is 7. The molecule has 13 aromatic carbocycles. The molecule has 0 atom stereocenters. The molecule has 0 aliphatic carbocycles. The Labute approximate surface area is 631 Å². The van der Waals surface area contributed by atoms with Crippen LogP contribution in [0.15, 0.2) is 303 Å². The van der Waals surface area contributed by atoms with Crippen LogP contribution in [0.4, 0.5) is 0 Å². The Morgan fingerprint density at radius 2 is 0.591 bits per heavy atom. The van der Waals surface area contributed by atoms with Gasteiger partial charge < -0.3 is 47.2 Å². The zero-order valence-electron chi connectivity index (χ0n) is 58.9. The zero-order chi connectivity index (χ0) is 75.0. The van der Waals surface area contributed by atoms with E-state index >= 15 is 0 Å². The largest absolute Gasteiger partial charge is 0.457 e. The van der Waals surface area contributed by atoms with Crippen molar-refractivity contribution in [2.24, 2.45) is 0 Å². The van der Waals surface area contributed by atoms with Crippen LogP contribution >= 0.6 is 0 Å². The van der Waals surface area contributed by atoms with Gasteiger partial charge in [-0.15, -0.1) is 0 Å². The van der Waals surface area contributed by atoms with E-state index in [-0.39, 0.29) is 102 Å². The first-order chi connectivity index (χ1) is 53.9. The van der Waals surface area contributed by atoms with E-state index in [1.807, 2.05) is 253 Å². The third kappa shape index (κ3) is 14.8. The van der Waals surface area contributed by atoms with Crippen molar-refractivity contribution >= 4 is 86.7 Å². The van der Waals surface area contributed by atoms with Crippen molar-refractivity contribution in [1.82, 2.24) is 4.57 Å². The molecule has 0 bridgehead atoms. The molecule has 2 aliphatic heterocycles. The third-order valence-corrected chi connectivity index (χ3v) is 19.2. The first kappa shape index (κ1) is 70.0. The molecule has 0 saturated heterocycles. The van der Waals surface area contributed by atoms with Gasteiger partial charge in [-0.3, -0.25) is 0 Å². The summed E-state index contributed by atoms with van der Waals surface area (Å²) in [5.74, 6) is -4.84. The molecule has 14 aromatic rings. The Bertz CT molecular complexity index is 5690. The summed E-state index contributed by atoms with van der Waals surface area (Å²) in [6.45, 7) is -1.55. The van der Waals surface area contributed by atoms with Crippen LogP contribution < -0.4 is 25.9 Å². The van der Waals surface area contributed by atoms with E-state index in [0.717, 1.165) is 11.1 Å². The maximum absolute atomic E-state index is 14.8. The van der Waals surface area contributed by atoms with E-state index in [1.165, 1.54) is 6.07 Å². The maximum Gasteiger partial charge on any atom is 0.342 e. The molecule has 536 valence electrons. The molecule has 1 aromatic heterocycles. The smallest absolute Gasteiger partial charge is 0.342 e. The van der Waals surface area contributed by atoms with Gasteiger partial charge in [0.25, 0.3) is 6.71 Å². The number of rotatable bonds is 23. The van der Waals surface area contributed by atoms with Crippen LogP contribution in [0.5, 0.6) is 23.0 Å². The lowest BCUT2D eigenvalue weighted by Gasteiger charge is -2.35. The molecular weight excluding hydrogens is 1390 g/mol. The highest BCUT2D eigenvalue weighted by atomic mass is 16.6. The van der Waals surface area contributed by atoms with Crippen molar-refractivity contribution in [3.05, 3.63) is 381 Å². The topological polar surface area (TPSA) is 207 Å². The number of benzene rings is 13. The van der Waals surface area contributed by atoms with Crippen LogP contribution in [0.25, 0.3) is 38.6 Å². The average molecular weight is 1450 g/mol. The molecule has 0 spiro atoms. The van der Waals surface area contributed by atoms with Crippen LogP contribution in [-0.2, 0) is 79.4 Å². The Kier molecular flexibility index (Phi) is 19.9. The molecule has 18 heteroatoms. The molecule has 3 heterocycles. The minimum atomic E-state index is -0.830. The molecular formula is C92H64BNO16. The van der Waals surface area contributed by atoms with Gasteiger partial charge in [-0.1, -0.05) is 243 Å². The average Bonchev–Trinajstić information content (AvgIpc) is 0.718. The number of esters is 7. The Morgan fingerprint density at radius 1 is 0.273 bits per heavy atom. The second-order valence-corrected chi connectivity index (χ2v) is 26.3. The van der Waals surface area contributed by atoms with Crippen LogP contribution in [0.1, 0.15) is 111 Å². The fraction of sp³-hybridized carbons (Fsp3) is 0.0761. The molecule has 0 radical (unpaired) electrons.